The molecule has 0 aliphatic carbocycles. The van der Waals surface area contributed by atoms with Crippen LogP contribution in [-0.4, -0.2) is 27.0 Å². The van der Waals surface area contributed by atoms with E-state index in [1.165, 1.54) is 5.56 Å². The maximum Gasteiger partial charge on any atom is 0.335 e. The topological polar surface area (TPSA) is 43.8 Å². The summed E-state index contributed by atoms with van der Waals surface area (Å²) in [6.45, 7) is 3.82. The van der Waals surface area contributed by atoms with Gasteiger partial charge in [0.15, 0.2) is 0 Å². The van der Waals surface area contributed by atoms with Crippen LogP contribution in [0.4, 0.5) is 0 Å². The van der Waals surface area contributed by atoms with E-state index in [1.807, 2.05) is 18.2 Å². The molecule has 1 aliphatic heterocycles. The fraction of sp³-hybridized carbons (Fsp3) is 0.211. The monoisotopic (exact) mass is 308 g/mol. The van der Waals surface area contributed by atoms with Crippen molar-refractivity contribution in [2.75, 3.05) is 0 Å². The Balaban J connectivity index is 1.62. The summed E-state index contributed by atoms with van der Waals surface area (Å²) in [5.41, 5.74) is 2.72. The van der Waals surface area contributed by atoms with Crippen molar-refractivity contribution in [3.8, 4) is 0 Å². The summed E-state index contributed by atoms with van der Waals surface area (Å²) in [7, 11) is 0. The molecule has 0 spiro atoms. The van der Waals surface area contributed by atoms with Gasteiger partial charge >= 0.3 is 5.97 Å². The van der Waals surface area contributed by atoms with Gasteiger partial charge in [-0.25, -0.2) is 4.79 Å². The molecule has 0 saturated carbocycles. The maximum absolute atomic E-state index is 10.9. The lowest BCUT2D eigenvalue weighted by atomic mass is 10.1. The molecular formula is C19H20N2O2. The second kappa shape index (κ2) is 6.57. The van der Waals surface area contributed by atoms with E-state index in [0.29, 0.717) is 5.56 Å². The van der Waals surface area contributed by atoms with E-state index >= 15 is 0 Å². The fourth-order valence-electron chi connectivity index (χ4n) is 2.74. The van der Waals surface area contributed by atoms with Crippen LogP contribution in [0.1, 0.15) is 28.4 Å². The van der Waals surface area contributed by atoms with E-state index in [2.05, 4.69) is 53.4 Å². The molecule has 4 heteroatoms. The van der Waals surface area contributed by atoms with Crippen LogP contribution < -0.4 is 0 Å². The first-order valence-electron chi connectivity index (χ1n) is 7.69. The minimum Gasteiger partial charge on any atom is -0.478 e. The third-order valence-electron chi connectivity index (χ3n) is 4.18. The summed E-state index contributed by atoms with van der Waals surface area (Å²) < 4.78 is 0. The van der Waals surface area contributed by atoms with E-state index < -0.39 is 5.97 Å². The summed E-state index contributed by atoms with van der Waals surface area (Å²) in [4.78, 5) is 15.4. The molecule has 1 unspecified atom stereocenters. The van der Waals surface area contributed by atoms with E-state index in [-0.39, 0.29) is 6.17 Å². The van der Waals surface area contributed by atoms with Crippen LogP contribution in [-0.2, 0) is 13.1 Å². The number of nitrogens with zero attached hydrogens (tertiary/aromatic N) is 2. The quantitative estimate of drug-likeness (QED) is 0.918. The molecule has 2 aromatic carbocycles. The number of aromatic carboxylic acids is 1. The van der Waals surface area contributed by atoms with Crippen LogP contribution in [0.5, 0.6) is 0 Å². The van der Waals surface area contributed by atoms with E-state index in [4.69, 9.17) is 5.11 Å². The Bertz CT molecular complexity index is 695. The van der Waals surface area contributed by atoms with Crippen LogP contribution in [0.2, 0.25) is 0 Å². The fourth-order valence-corrected chi connectivity index (χ4v) is 2.74. The second-order valence-corrected chi connectivity index (χ2v) is 5.76. The van der Waals surface area contributed by atoms with Crippen molar-refractivity contribution in [2.24, 2.45) is 0 Å². The Kier molecular flexibility index (Phi) is 4.33. The summed E-state index contributed by atoms with van der Waals surface area (Å²) >= 11 is 0. The molecule has 0 bridgehead atoms. The van der Waals surface area contributed by atoms with Crippen LogP contribution in [0.3, 0.4) is 0 Å². The number of rotatable bonds is 5. The summed E-state index contributed by atoms with van der Waals surface area (Å²) in [6, 6.07) is 17.5. The average Bonchev–Trinajstić information content (AvgIpc) is 2.90. The SMILES string of the molecule is CC1N(Cc2ccccc2)C=CN1Cc1ccc(C(=O)O)cc1. The molecule has 2 aromatic rings. The Morgan fingerprint density at radius 3 is 1.96 bits per heavy atom. The first-order chi connectivity index (χ1) is 11.1. The zero-order chi connectivity index (χ0) is 16.2. The van der Waals surface area contributed by atoms with Crippen LogP contribution in [0.25, 0.3) is 0 Å². The highest BCUT2D eigenvalue weighted by Gasteiger charge is 2.21. The molecule has 23 heavy (non-hydrogen) atoms. The van der Waals surface area contributed by atoms with Gasteiger partial charge < -0.3 is 14.9 Å². The predicted molar refractivity (Wildman–Crippen MR) is 89.5 cm³/mol. The van der Waals surface area contributed by atoms with Gasteiger partial charge in [-0.1, -0.05) is 42.5 Å². The highest BCUT2D eigenvalue weighted by atomic mass is 16.4. The Hall–Kier alpha value is -2.75. The number of carbonyl (C=O) groups is 1. The van der Waals surface area contributed by atoms with E-state index in [9.17, 15) is 4.79 Å². The van der Waals surface area contributed by atoms with Crippen molar-refractivity contribution in [3.63, 3.8) is 0 Å². The van der Waals surface area contributed by atoms with Gasteiger partial charge in [0, 0.05) is 25.5 Å². The van der Waals surface area contributed by atoms with Crippen LogP contribution >= 0.6 is 0 Å². The lowest BCUT2D eigenvalue weighted by Gasteiger charge is -2.30. The second-order valence-electron chi connectivity index (χ2n) is 5.76. The van der Waals surface area contributed by atoms with Gasteiger partial charge in [0.2, 0.25) is 0 Å². The molecule has 1 aliphatic rings. The first-order valence-corrected chi connectivity index (χ1v) is 7.69. The molecule has 0 fully saturated rings. The van der Waals surface area contributed by atoms with Gasteiger partial charge in [-0.3, -0.25) is 0 Å². The molecule has 1 N–H and O–H groups in total. The molecule has 0 amide bonds. The highest BCUT2D eigenvalue weighted by Crippen LogP contribution is 2.21. The molecule has 1 heterocycles. The summed E-state index contributed by atoms with van der Waals surface area (Å²) in [6.07, 6.45) is 4.48. The first kappa shape index (κ1) is 15.2. The van der Waals surface area contributed by atoms with E-state index in [0.717, 1.165) is 18.7 Å². The largest absolute Gasteiger partial charge is 0.478 e. The Morgan fingerprint density at radius 1 is 0.913 bits per heavy atom. The number of carboxylic acids is 1. The molecule has 0 aromatic heterocycles. The number of benzene rings is 2. The number of carboxylic acid groups (broad SMARTS) is 1. The third-order valence-corrected chi connectivity index (χ3v) is 4.18. The maximum atomic E-state index is 10.9. The van der Waals surface area contributed by atoms with Crippen molar-refractivity contribution in [2.45, 2.75) is 26.2 Å². The zero-order valence-electron chi connectivity index (χ0n) is 13.1. The minimum absolute atomic E-state index is 0.273. The lowest BCUT2D eigenvalue weighted by Crippen LogP contribution is -2.35. The molecule has 0 radical (unpaired) electrons. The van der Waals surface area contributed by atoms with Gasteiger partial charge in [0.1, 0.15) is 0 Å². The van der Waals surface area contributed by atoms with Gasteiger partial charge in [0.05, 0.1) is 11.7 Å². The van der Waals surface area contributed by atoms with E-state index in [1.54, 1.807) is 12.1 Å². The zero-order valence-corrected chi connectivity index (χ0v) is 13.1. The van der Waals surface area contributed by atoms with Gasteiger partial charge in [0.25, 0.3) is 0 Å². The Labute approximate surface area is 136 Å². The van der Waals surface area contributed by atoms with Gasteiger partial charge in [-0.15, -0.1) is 0 Å². The highest BCUT2D eigenvalue weighted by molar-refractivity contribution is 5.87. The third kappa shape index (κ3) is 3.54. The van der Waals surface area contributed by atoms with Crippen molar-refractivity contribution >= 4 is 5.97 Å². The smallest absolute Gasteiger partial charge is 0.335 e. The number of hydrogen-bond acceptors (Lipinski definition) is 3. The normalized spacial score (nSPS) is 16.8. The molecule has 3 rings (SSSR count). The van der Waals surface area contributed by atoms with Crippen molar-refractivity contribution in [1.29, 1.82) is 0 Å². The van der Waals surface area contributed by atoms with Crippen LogP contribution in [0.15, 0.2) is 67.0 Å². The van der Waals surface area contributed by atoms with Crippen molar-refractivity contribution in [1.82, 2.24) is 9.80 Å². The number of hydrogen-bond donors (Lipinski definition) is 1. The van der Waals surface area contributed by atoms with Gasteiger partial charge in [-0.05, 0) is 30.2 Å². The molecular weight excluding hydrogens is 288 g/mol. The van der Waals surface area contributed by atoms with Crippen molar-refractivity contribution < 1.29 is 9.90 Å². The molecule has 0 saturated heterocycles. The summed E-state index contributed by atoms with van der Waals surface area (Å²) in [5, 5.41) is 8.95. The minimum atomic E-state index is -0.889. The Morgan fingerprint density at radius 2 is 1.43 bits per heavy atom. The molecule has 1 atom stereocenters. The standard InChI is InChI=1S/C19H20N2O2/c1-15-20(13-16-5-3-2-4-6-16)11-12-21(15)14-17-7-9-18(10-8-17)19(22)23/h2-12,15H,13-14H2,1H3,(H,22,23). The van der Waals surface area contributed by atoms with Crippen molar-refractivity contribution in [3.05, 3.63) is 83.7 Å². The summed E-state index contributed by atoms with van der Waals surface area (Å²) in [5.74, 6) is -0.889. The molecule has 118 valence electrons. The predicted octanol–water partition coefficient (Wildman–Crippen LogP) is 3.52. The average molecular weight is 308 g/mol. The van der Waals surface area contributed by atoms with Gasteiger partial charge in [-0.2, -0.15) is 0 Å². The lowest BCUT2D eigenvalue weighted by molar-refractivity contribution is 0.0697. The van der Waals surface area contributed by atoms with Crippen LogP contribution in [0, 0.1) is 0 Å². The molecule has 4 nitrogen and oxygen atoms in total.